The Balaban J connectivity index is 1.58. The summed E-state index contributed by atoms with van der Waals surface area (Å²) in [6, 6.07) is 1.41. The molecule has 0 saturated carbocycles. The Labute approximate surface area is 201 Å². The molecule has 0 radical (unpaired) electrons. The van der Waals surface area contributed by atoms with Crippen molar-refractivity contribution < 1.29 is 24.2 Å². The van der Waals surface area contributed by atoms with Gasteiger partial charge >= 0.3 is 0 Å². The number of ether oxygens (including phenoxy) is 2. The van der Waals surface area contributed by atoms with Crippen molar-refractivity contribution in [3.8, 4) is 11.5 Å². The maximum atomic E-state index is 13.1. The number of hydrogen-bond donors (Lipinski definition) is 2. The van der Waals surface area contributed by atoms with Gasteiger partial charge in [-0.2, -0.15) is 0 Å². The van der Waals surface area contributed by atoms with Gasteiger partial charge in [0.05, 0.1) is 24.3 Å². The topological polar surface area (TPSA) is 91.3 Å². The van der Waals surface area contributed by atoms with Crippen LogP contribution >= 0.6 is 11.6 Å². The van der Waals surface area contributed by atoms with Gasteiger partial charge in [-0.25, -0.2) is 0 Å². The number of carbonyl (C=O) groups is 2. The first kappa shape index (κ1) is 25.6. The van der Waals surface area contributed by atoms with E-state index >= 15 is 0 Å². The molecule has 0 bridgehead atoms. The highest BCUT2D eigenvalue weighted by atomic mass is 35.5. The molecule has 2 N–H and O–H groups in total. The average Bonchev–Trinajstić information content (AvgIpc) is 3.35. The number of piperidine rings is 1. The van der Waals surface area contributed by atoms with Crippen molar-refractivity contribution in [3.63, 3.8) is 0 Å². The van der Waals surface area contributed by atoms with Crippen LogP contribution in [0.25, 0.3) is 0 Å². The van der Waals surface area contributed by atoms with Gasteiger partial charge in [0.1, 0.15) is 11.3 Å². The van der Waals surface area contributed by atoms with Crippen LogP contribution in [0.3, 0.4) is 0 Å². The number of rotatable bonds is 9. The molecule has 2 amide bonds. The molecular formula is C24H36ClN3O5. The van der Waals surface area contributed by atoms with Gasteiger partial charge in [0.15, 0.2) is 5.75 Å². The van der Waals surface area contributed by atoms with E-state index in [0.717, 1.165) is 45.4 Å². The molecule has 8 nitrogen and oxygen atoms in total. The Kier molecular flexibility index (Phi) is 9.23. The zero-order valence-corrected chi connectivity index (χ0v) is 20.6. The molecule has 2 unspecified atom stereocenters. The van der Waals surface area contributed by atoms with E-state index < -0.39 is 5.91 Å². The van der Waals surface area contributed by atoms with Crippen LogP contribution in [0, 0.1) is 0 Å². The number of nitrogens with one attached hydrogen (secondary N) is 1. The van der Waals surface area contributed by atoms with Crippen LogP contribution in [0.4, 0.5) is 0 Å². The van der Waals surface area contributed by atoms with Crippen LogP contribution in [0.5, 0.6) is 11.5 Å². The number of phenolic OH excluding ortho intramolecular Hbond substituents is 1. The third-order valence-corrected chi connectivity index (χ3v) is 6.96. The SMILES string of the molecule is CCc1cc(Cl)c(OC)c(C(=O)NC2CCN(CCCC(=O)N3CCCC3)CC2OC)c1O. The maximum Gasteiger partial charge on any atom is 0.259 e. The number of nitrogens with zero attached hydrogens (tertiary/aromatic N) is 2. The van der Waals surface area contributed by atoms with Crippen molar-refractivity contribution in [2.24, 2.45) is 0 Å². The lowest BCUT2D eigenvalue weighted by Gasteiger charge is -2.38. The van der Waals surface area contributed by atoms with E-state index in [1.807, 2.05) is 11.8 Å². The lowest BCUT2D eigenvalue weighted by atomic mass is 9.99. The van der Waals surface area contributed by atoms with Crippen LogP contribution in [0.2, 0.25) is 5.02 Å². The first-order chi connectivity index (χ1) is 15.9. The molecule has 2 atom stereocenters. The van der Waals surface area contributed by atoms with Crippen molar-refractivity contribution in [1.82, 2.24) is 15.1 Å². The van der Waals surface area contributed by atoms with E-state index in [1.54, 1.807) is 13.2 Å². The van der Waals surface area contributed by atoms with Crippen LogP contribution in [0.15, 0.2) is 6.07 Å². The number of amides is 2. The summed E-state index contributed by atoms with van der Waals surface area (Å²) in [6.45, 7) is 5.95. The summed E-state index contributed by atoms with van der Waals surface area (Å²) in [6.07, 6.45) is 4.65. The van der Waals surface area contributed by atoms with Crippen molar-refractivity contribution in [2.75, 3.05) is 46.9 Å². The third kappa shape index (κ3) is 6.11. The standard InChI is InChI=1S/C24H36ClN3O5/c1-4-16-14-17(25)23(33-3)21(22(16)30)24(31)26-18-9-13-27(15-19(18)32-2)10-7-8-20(29)28-11-5-6-12-28/h14,18-19,30H,4-13,15H2,1-3H3,(H,26,31). The van der Waals surface area contributed by atoms with Crippen LogP contribution in [-0.2, 0) is 16.0 Å². The zero-order chi connectivity index (χ0) is 24.0. The maximum absolute atomic E-state index is 13.1. The summed E-state index contributed by atoms with van der Waals surface area (Å²) in [5.74, 6) is -0.124. The predicted octanol–water partition coefficient (Wildman–Crippen LogP) is 2.84. The summed E-state index contributed by atoms with van der Waals surface area (Å²) < 4.78 is 11.0. The summed E-state index contributed by atoms with van der Waals surface area (Å²) >= 11 is 6.29. The first-order valence-corrected chi connectivity index (χ1v) is 12.2. The summed E-state index contributed by atoms with van der Waals surface area (Å²) in [4.78, 5) is 29.6. The van der Waals surface area contributed by atoms with Gasteiger partial charge in [0.2, 0.25) is 5.91 Å². The third-order valence-electron chi connectivity index (χ3n) is 6.68. The Morgan fingerprint density at radius 1 is 1.24 bits per heavy atom. The summed E-state index contributed by atoms with van der Waals surface area (Å²) in [5.41, 5.74) is 0.645. The van der Waals surface area contributed by atoms with Gasteiger partial charge in [-0.1, -0.05) is 18.5 Å². The van der Waals surface area contributed by atoms with Gasteiger partial charge in [-0.15, -0.1) is 0 Å². The first-order valence-electron chi connectivity index (χ1n) is 11.8. The molecular weight excluding hydrogens is 446 g/mol. The normalized spacial score (nSPS) is 21.3. The number of methoxy groups -OCH3 is 2. The largest absolute Gasteiger partial charge is 0.507 e. The van der Waals surface area contributed by atoms with E-state index in [4.69, 9.17) is 21.1 Å². The van der Waals surface area contributed by atoms with E-state index in [1.165, 1.54) is 7.11 Å². The fraction of sp³-hybridized carbons (Fsp3) is 0.667. The predicted molar refractivity (Wildman–Crippen MR) is 127 cm³/mol. The molecule has 0 aromatic heterocycles. The lowest BCUT2D eigenvalue weighted by Crippen LogP contribution is -2.55. The smallest absolute Gasteiger partial charge is 0.259 e. The Hall–Kier alpha value is -2.03. The highest BCUT2D eigenvalue weighted by molar-refractivity contribution is 6.33. The van der Waals surface area contributed by atoms with E-state index in [0.29, 0.717) is 36.4 Å². The highest BCUT2D eigenvalue weighted by Gasteiger charge is 2.32. The number of aromatic hydroxyl groups is 1. The molecule has 2 aliphatic heterocycles. The van der Waals surface area contributed by atoms with Gasteiger partial charge in [0, 0.05) is 39.7 Å². The van der Waals surface area contributed by atoms with E-state index in [2.05, 4.69) is 10.2 Å². The van der Waals surface area contributed by atoms with E-state index in [-0.39, 0.29) is 35.1 Å². The molecule has 1 aromatic rings. The fourth-order valence-electron chi connectivity index (χ4n) is 4.76. The number of phenols is 1. The van der Waals surface area contributed by atoms with Gasteiger partial charge in [0.25, 0.3) is 5.91 Å². The van der Waals surface area contributed by atoms with Crippen LogP contribution < -0.4 is 10.1 Å². The highest BCUT2D eigenvalue weighted by Crippen LogP contribution is 2.38. The molecule has 1 aromatic carbocycles. The minimum absolute atomic E-state index is 0.0551. The molecule has 2 heterocycles. The quantitative estimate of drug-likeness (QED) is 0.563. The second-order valence-corrected chi connectivity index (χ2v) is 9.17. The molecule has 0 aliphatic carbocycles. The lowest BCUT2D eigenvalue weighted by molar-refractivity contribution is -0.130. The van der Waals surface area contributed by atoms with Crippen molar-refractivity contribution in [2.45, 2.75) is 57.6 Å². The van der Waals surface area contributed by atoms with Crippen molar-refractivity contribution >= 4 is 23.4 Å². The molecule has 9 heteroatoms. The number of carbonyl (C=O) groups excluding carboxylic acids is 2. The summed E-state index contributed by atoms with van der Waals surface area (Å²) in [7, 11) is 3.06. The van der Waals surface area contributed by atoms with Crippen molar-refractivity contribution in [3.05, 3.63) is 22.2 Å². The molecule has 33 heavy (non-hydrogen) atoms. The molecule has 3 rings (SSSR count). The second-order valence-electron chi connectivity index (χ2n) is 8.76. The molecule has 184 valence electrons. The van der Waals surface area contributed by atoms with Crippen molar-refractivity contribution in [1.29, 1.82) is 0 Å². The second kappa shape index (κ2) is 11.9. The van der Waals surface area contributed by atoms with Gasteiger partial charge < -0.3 is 29.7 Å². The Morgan fingerprint density at radius 2 is 1.97 bits per heavy atom. The van der Waals surface area contributed by atoms with Gasteiger partial charge in [-0.05, 0) is 50.3 Å². The molecule has 2 saturated heterocycles. The molecule has 0 spiro atoms. The number of likely N-dealkylation sites (tertiary alicyclic amines) is 2. The van der Waals surface area contributed by atoms with Crippen LogP contribution in [0.1, 0.15) is 54.9 Å². The number of aryl methyl sites for hydroxylation is 1. The monoisotopic (exact) mass is 481 g/mol. The minimum atomic E-state index is -0.432. The minimum Gasteiger partial charge on any atom is -0.507 e. The average molecular weight is 482 g/mol. The Bertz CT molecular complexity index is 844. The van der Waals surface area contributed by atoms with Crippen LogP contribution in [-0.4, -0.2) is 85.8 Å². The fourth-order valence-corrected chi connectivity index (χ4v) is 5.06. The Morgan fingerprint density at radius 3 is 2.61 bits per heavy atom. The van der Waals surface area contributed by atoms with Gasteiger partial charge in [-0.3, -0.25) is 9.59 Å². The molecule has 2 aliphatic rings. The number of hydrogen-bond acceptors (Lipinski definition) is 6. The van der Waals surface area contributed by atoms with E-state index in [9.17, 15) is 14.7 Å². The zero-order valence-electron chi connectivity index (χ0n) is 19.9. The number of halogens is 1. The summed E-state index contributed by atoms with van der Waals surface area (Å²) in [5, 5.41) is 13.9. The number of benzene rings is 1. The molecule has 2 fully saturated rings.